The van der Waals surface area contributed by atoms with Crippen LogP contribution in [0.3, 0.4) is 0 Å². The SMILES string of the molecule is CNc1ncc(C)c(N2CCCCCC2C)n1. The fraction of sp³-hybridized carbons (Fsp3) is 0.692. The third-order valence-electron chi connectivity index (χ3n) is 3.49. The predicted octanol–water partition coefficient (Wildman–Crippen LogP) is 2.60. The molecule has 4 nitrogen and oxygen atoms in total. The highest BCUT2D eigenvalue weighted by Crippen LogP contribution is 2.25. The molecule has 0 aromatic carbocycles. The van der Waals surface area contributed by atoms with Gasteiger partial charge in [0.1, 0.15) is 5.82 Å². The number of aromatic nitrogens is 2. The van der Waals surface area contributed by atoms with E-state index in [-0.39, 0.29) is 0 Å². The van der Waals surface area contributed by atoms with E-state index in [0.717, 1.165) is 17.9 Å². The monoisotopic (exact) mass is 234 g/mol. The van der Waals surface area contributed by atoms with Crippen molar-refractivity contribution in [1.82, 2.24) is 9.97 Å². The molecule has 1 unspecified atom stereocenters. The summed E-state index contributed by atoms with van der Waals surface area (Å²) in [5, 5.41) is 3.02. The second-order valence-electron chi connectivity index (χ2n) is 4.84. The van der Waals surface area contributed by atoms with Gasteiger partial charge >= 0.3 is 0 Å². The molecule has 1 N–H and O–H groups in total. The van der Waals surface area contributed by atoms with E-state index < -0.39 is 0 Å². The molecule has 1 saturated heterocycles. The largest absolute Gasteiger partial charge is 0.357 e. The summed E-state index contributed by atoms with van der Waals surface area (Å²) >= 11 is 0. The molecule has 0 bridgehead atoms. The minimum absolute atomic E-state index is 0.579. The third kappa shape index (κ3) is 2.68. The Hall–Kier alpha value is -1.32. The molecule has 0 radical (unpaired) electrons. The van der Waals surface area contributed by atoms with Crippen LogP contribution in [0.5, 0.6) is 0 Å². The van der Waals surface area contributed by atoms with E-state index in [0.29, 0.717) is 12.0 Å². The zero-order chi connectivity index (χ0) is 12.3. The van der Waals surface area contributed by atoms with E-state index in [2.05, 4.69) is 34.0 Å². The first-order valence-electron chi connectivity index (χ1n) is 6.50. The van der Waals surface area contributed by atoms with E-state index in [1.54, 1.807) is 0 Å². The quantitative estimate of drug-likeness (QED) is 0.854. The maximum absolute atomic E-state index is 4.61. The van der Waals surface area contributed by atoms with E-state index >= 15 is 0 Å². The van der Waals surface area contributed by atoms with Gasteiger partial charge in [-0.15, -0.1) is 0 Å². The number of aryl methyl sites for hydroxylation is 1. The number of hydrogen-bond donors (Lipinski definition) is 1. The summed E-state index contributed by atoms with van der Waals surface area (Å²) in [4.78, 5) is 11.3. The van der Waals surface area contributed by atoms with Crippen LogP contribution in [0.4, 0.5) is 11.8 Å². The molecule has 0 spiro atoms. The van der Waals surface area contributed by atoms with Crippen molar-refractivity contribution >= 4 is 11.8 Å². The molecule has 1 aromatic heterocycles. The fourth-order valence-corrected chi connectivity index (χ4v) is 2.43. The van der Waals surface area contributed by atoms with Crippen LogP contribution in [0, 0.1) is 6.92 Å². The minimum Gasteiger partial charge on any atom is -0.357 e. The summed E-state index contributed by atoms with van der Waals surface area (Å²) in [5.74, 6) is 1.81. The zero-order valence-corrected chi connectivity index (χ0v) is 11.0. The van der Waals surface area contributed by atoms with Gasteiger partial charge in [0.2, 0.25) is 5.95 Å². The summed E-state index contributed by atoms with van der Waals surface area (Å²) in [6, 6.07) is 0.579. The second-order valence-corrected chi connectivity index (χ2v) is 4.84. The molecule has 2 rings (SSSR count). The summed E-state index contributed by atoms with van der Waals surface area (Å²) < 4.78 is 0. The number of nitrogens with zero attached hydrogens (tertiary/aromatic N) is 3. The highest BCUT2D eigenvalue weighted by atomic mass is 15.2. The van der Waals surface area contributed by atoms with Crippen LogP contribution in [-0.2, 0) is 0 Å². The van der Waals surface area contributed by atoms with E-state index in [1.807, 2.05) is 13.2 Å². The summed E-state index contributed by atoms with van der Waals surface area (Å²) in [6.07, 6.45) is 7.11. The Morgan fingerprint density at radius 2 is 2.18 bits per heavy atom. The lowest BCUT2D eigenvalue weighted by Crippen LogP contribution is -2.34. The highest BCUT2D eigenvalue weighted by molar-refractivity contribution is 5.49. The lowest BCUT2D eigenvalue weighted by molar-refractivity contribution is 0.609. The molecule has 0 amide bonds. The Kier molecular flexibility index (Phi) is 3.82. The van der Waals surface area contributed by atoms with Crippen LogP contribution in [0.15, 0.2) is 6.20 Å². The van der Waals surface area contributed by atoms with Gasteiger partial charge in [0.15, 0.2) is 0 Å². The van der Waals surface area contributed by atoms with E-state index in [1.165, 1.54) is 25.7 Å². The molecule has 4 heteroatoms. The minimum atomic E-state index is 0.579. The Bertz CT molecular complexity index is 378. The summed E-state index contributed by atoms with van der Waals surface area (Å²) in [5.41, 5.74) is 1.16. The normalized spacial score (nSPS) is 21.1. The lowest BCUT2D eigenvalue weighted by Gasteiger charge is -2.29. The van der Waals surface area contributed by atoms with Gasteiger partial charge in [-0.25, -0.2) is 4.98 Å². The van der Waals surface area contributed by atoms with Gasteiger partial charge in [-0.2, -0.15) is 4.98 Å². The predicted molar refractivity (Wildman–Crippen MR) is 71.6 cm³/mol. The highest BCUT2D eigenvalue weighted by Gasteiger charge is 2.20. The van der Waals surface area contributed by atoms with Crippen LogP contribution in [-0.4, -0.2) is 29.6 Å². The van der Waals surface area contributed by atoms with Crippen molar-refractivity contribution in [3.05, 3.63) is 11.8 Å². The lowest BCUT2D eigenvalue weighted by atomic mass is 10.1. The van der Waals surface area contributed by atoms with Gasteiger partial charge in [-0.3, -0.25) is 0 Å². The van der Waals surface area contributed by atoms with Gasteiger partial charge in [-0.1, -0.05) is 12.8 Å². The van der Waals surface area contributed by atoms with Gasteiger partial charge in [0, 0.05) is 31.4 Å². The first kappa shape index (κ1) is 12.1. The number of hydrogen-bond acceptors (Lipinski definition) is 4. The van der Waals surface area contributed by atoms with Crippen molar-refractivity contribution < 1.29 is 0 Å². The molecular formula is C13H22N4. The van der Waals surface area contributed by atoms with Crippen molar-refractivity contribution in [1.29, 1.82) is 0 Å². The van der Waals surface area contributed by atoms with Crippen molar-refractivity contribution in [3.8, 4) is 0 Å². The Labute approximate surface area is 103 Å². The second kappa shape index (κ2) is 5.34. The first-order valence-corrected chi connectivity index (χ1v) is 6.50. The van der Waals surface area contributed by atoms with Crippen LogP contribution in [0.2, 0.25) is 0 Å². The average Bonchev–Trinajstić information content (AvgIpc) is 2.55. The summed E-state index contributed by atoms with van der Waals surface area (Å²) in [7, 11) is 1.86. The van der Waals surface area contributed by atoms with Crippen LogP contribution in [0.25, 0.3) is 0 Å². The molecule has 1 aromatic rings. The van der Waals surface area contributed by atoms with Gasteiger partial charge < -0.3 is 10.2 Å². The van der Waals surface area contributed by atoms with Crippen LogP contribution in [0.1, 0.15) is 38.2 Å². The summed E-state index contributed by atoms with van der Waals surface area (Å²) in [6.45, 7) is 5.50. The fourth-order valence-electron chi connectivity index (χ4n) is 2.43. The van der Waals surface area contributed by atoms with Crippen molar-refractivity contribution in [2.45, 2.75) is 45.6 Å². The Balaban J connectivity index is 2.29. The zero-order valence-electron chi connectivity index (χ0n) is 11.0. The average molecular weight is 234 g/mol. The maximum atomic E-state index is 4.61. The first-order chi connectivity index (χ1) is 8.22. The van der Waals surface area contributed by atoms with Crippen LogP contribution >= 0.6 is 0 Å². The number of rotatable bonds is 2. The maximum Gasteiger partial charge on any atom is 0.224 e. The molecular weight excluding hydrogens is 212 g/mol. The van der Waals surface area contributed by atoms with Crippen molar-refractivity contribution in [2.75, 3.05) is 23.8 Å². The number of anilines is 2. The molecule has 17 heavy (non-hydrogen) atoms. The van der Waals surface area contributed by atoms with E-state index in [9.17, 15) is 0 Å². The smallest absolute Gasteiger partial charge is 0.224 e. The molecule has 1 atom stereocenters. The standard InChI is InChI=1S/C13H22N4/c1-10-9-15-13(14-3)16-12(10)17-8-6-4-5-7-11(17)2/h9,11H,4-8H2,1-3H3,(H,14,15,16). The molecule has 1 aliphatic rings. The van der Waals surface area contributed by atoms with Gasteiger partial charge in [0.05, 0.1) is 0 Å². The molecule has 1 aliphatic heterocycles. The molecule has 1 fully saturated rings. The van der Waals surface area contributed by atoms with E-state index in [4.69, 9.17) is 0 Å². The molecule has 94 valence electrons. The molecule has 0 saturated carbocycles. The number of nitrogens with one attached hydrogen (secondary N) is 1. The Morgan fingerprint density at radius 1 is 1.35 bits per heavy atom. The van der Waals surface area contributed by atoms with Crippen molar-refractivity contribution in [3.63, 3.8) is 0 Å². The van der Waals surface area contributed by atoms with Gasteiger partial charge in [-0.05, 0) is 26.7 Å². The topological polar surface area (TPSA) is 41.1 Å². The Morgan fingerprint density at radius 3 is 2.94 bits per heavy atom. The van der Waals surface area contributed by atoms with Gasteiger partial charge in [0.25, 0.3) is 0 Å². The van der Waals surface area contributed by atoms with Crippen molar-refractivity contribution in [2.24, 2.45) is 0 Å². The third-order valence-corrected chi connectivity index (χ3v) is 3.49. The van der Waals surface area contributed by atoms with Crippen LogP contribution < -0.4 is 10.2 Å². The molecule has 2 heterocycles. The molecule has 0 aliphatic carbocycles.